The first-order valence-corrected chi connectivity index (χ1v) is 6.75. The summed E-state index contributed by atoms with van der Waals surface area (Å²) in [6, 6.07) is 0. The van der Waals surface area contributed by atoms with E-state index in [9.17, 15) is 0 Å². The van der Waals surface area contributed by atoms with E-state index in [-0.39, 0.29) is 0 Å². The molecular formula is C14H23NO. The minimum atomic E-state index is 0.424. The molecule has 4 rings (SSSR count). The average molecular weight is 221 g/mol. The van der Waals surface area contributed by atoms with Gasteiger partial charge in [-0.25, -0.2) is 0 Å². The Kier molecular flexibility index (Phi) is 2.50. The molecule has 1 aliphatic heterocycles. The summed E-state index contributed by atoms with van der Waals surface area (Å²) in [5.74, 6) is 2.92. The summed E-state index contributed by atoms with van der Waals surface area (Å²) >= 11 is 0. The van der Waals surface area contributed by atoms with Gasteiger partial charge in [-0.15, -0.1) is 0 Å². The van der Waals surface area contributed by atoms with Gasteiger partial charge in [-0.3, -0.25) is 0 Å². The van der Waals surface area contributed by atoms with E-state index in [1.807, 2.05) is 0 Å². The maximum atomic E-state index is 6.22. The lowest BCUT2D eigenvalue weighted by atomic mass is 9.50. The van der Waals surface area contributed by atoms with Gasteiger partial charge in [0.2, 0.25) is 0 Å². The molecule has 1 N–H and O–H groups in total. The summed E-state index contributed by atoms with van der Waals surface area (Å²) in [7, 11) is 0. The minimum absolute atomic E-state index is 0.424. The molecule has 2 fully saturated rings. The standard InChI is InChI=1S/C14H23NO/c1-14(2)10-5-6-13(12(14)8-10)16-11-4-3-7-15-9-11/h6,10-12,15H,3-5,7-9H2,1-2H3. The SMILES string of the molecule is CC1(C)C2CC=C(OC3CCCNC3)C1C2. The Morgan fingerprint density at radius 3 is 2.94 bits per heavy atom. The Morgan fingerprint density at radius 2 is 2.31 bits per heavy atom. The molecule has 90 valence electrons. The Balaban J connectivity index is 1.65. The van der Waals surface area contributed by atoms with Crippen LogP contribution < -0.4 is 5.32 Å². The Bertz CT molecular complexity index is 302. The largest absolute Gasteiger partial charge is 0.493 e. The highest BCUT2D eigenvalue weighted by Crippen LogP contribution is 2.59. The van der Waals surface area contributed by atoms with Crippen molar-refractivity contribution in [1.29, 1.82) is 0 Å². The fourth-order valence-electron chi connectivity index (χ4n) is 3.54. The second-order valence-electron chi connectivity index (χ2n) is 6.23. The van der Waals surface area contributed by atoms with Gasteiger partial charge in [0.25, 0.3) is 0 Å². The Morgan fingerprint density at radius 1 is 1.44 bits per heavy atom. The minimum Gasteiger partial charge on any atom is -0.493 e. The number of fused-ring (bicyclic) bond motifs is 1. The molecule has 2 bridgehead atoms. The summed E-state index contributed by atoms with van der Waals surface area (Å²) in [6.45, 7) is 7.01. The second kappa shape index (κ2) is 3.76. The summed E-state index contributed by atoms with van der Waals surface area (Å²) in [5.41, 5.74) is 0.492. The van der Waals surface area contributed by atoms with E-state index >= 15 is 0 Å². The van der Waals surface area contributed by atoms with Crippen LogP contribution in [0, 0.1) is 17.3 Å². The fourth-order valence-corrected chi connectivity index (χ4v) is 3.54. The number of nitrogens with one attached hydrogen (secondary N) is 1. The molecule has 0 radical (unpaired) electrons. The van der Waals surface area contributed by atoms with Gasteiger partial charge in [0.05, 0.1) is 5.76 Å². The molecule has 1 saturated heterocycles. The number of piperidine rings is 1. The van der Waals surface area contributed by atoms with Crippen molar-refractivity contribution in [3.63, 3.8) is 0 Å². The normalized spacial score (nSPS) is 40.9. The molecule has 2 heteroatoms. The highest BCUT2D eigenvalue weighted by Gasteiger charge is 2.52. The monoisotopic (exact) mass is 221 g/mol. The quantitative estimate of drug-likeness (QED) is 0.774. The van der Waals surface area contributed by atoms with Gasteiger partial charge in [0.15, 0.2) is 0 Å². The van der Waals surface area contributed by atoms with Crippen LogP contribution in [0.1, 0.15) is 39.5 Å². The molecule has 0 aromatic heterocycles. The first kappa shape index (κ1) is 10.6. The highest BCUT2D eigenvalue weighted by molar-refractivity contribution is 5.19. The van der Waals surface area contributed by atoms with E-state index < -0.39 is 0 Å². The summed E-state index contributed by atoms with van der Waals surface area (Å²) in [5, 5.41) is 3.42. The third kappa shape index (κ3) is 1.58. The van der Waals surface area contributed by atoms with Crippen LogP contribution in [0.25, 0.3) is 0 Å². The van der Waals surface area contributed by atoms with Crippen LogP contribution >= 0.6 is 0 Å². The van der Waals surface area contributed by atoms with E-state index in [1.165, 1.54) is 31.4 Å². The van der Waals surface area contributed by atoms with Crippen molar-refractivity contribution in [2.75, 3.05) is 13.1 Å². The molecule has 0 aromatic rings. The number of ether oxygens (including phenoxy) is 1. The third-order valence-electron chi connectivity index (χ3n) is 4.97. The first-order valence-electron chi connectivity index (χ1n) is 6.75. The van der Waals surface area contributed by atoms with Crippen molar-refractivity contribution in [3.05, 3.63) is 11.8 Å². The zero-order valence-electron chi connectivity index (χ0n) is 10.5. The highest BCUT2D eigenvalue weighted by atomic mass is 16.5. The zero-order chi connectivity index (χ0) is 11.2. The van der Waals surface area contributed by atoms with E-state index in [0.29, 0.717) is 17.4 Å². The van der Waals surface area contributed by atoms with Crippen molar-refractivity contribution in [1.82, 2.24) is 5.32 Å². The average Bonchev–Trinajstić information content (AvgIpc) is 2.30. The van der Waals surface area contributed by atoms with Gasteiger partial charge in [0.1, 0.15) is 6.10 Å². The van der Waals surface area contributed by atoms with Crippen LogP contribution in [-0.4, -0.2) is 19.2 Å². The Hall–Kier alpha value is -0.500. The number of rotatable bonds is 2. The predicted octanol–water partition coefficient (Wildman–Crippen LogP) is 2.70. The van der Waals surface area contributed by atoms with Gasteiger partial charge >= 0.3 is 0 Å². The van der Waals surface area contributed by atoms with Crippen LogP contribution in [0.3, 0.4) is 0 Å². The van der Waals surface area contributed by atoms with Gasteiger partial charge in [-0.05, 0) is 49.6 Å². The maximum Gasteiger partial charge on any atom is 0.111 e. The number of hydrogen-bond acceptors (Lipinski definition) is 2. The van der Waals surface area contributed by atoms with Crippen molar-refractivity contribution in [2.45, 2.75) is 45.6 Å². The van der Waals surface area contributed by atoms with Crippen LogP contribution in [0.4, 0.5) is 0 Å². The smallest absolute Gasteiger partial charge is 0.111 e. The summed E-state index contributed by atoms with van der Waals surface area (Å²) < 4.78 is 6.22. The topological polar surface area (TPSA) is 21.3 Å². The van der Waals surface area contributed by atoms with Crippen molar-refractivity contribution < 1.29 is 4.74 Å². The van der Waals surface area contributed by atoms with Crippen molar-refractivity contribution >= 4 is 0 Å². The number of allylic oxidation sites excluding steroid dienone is 2. The molecule has 0 aromatic carbocycles. The van der Waals surface area contributed by atoms with Crippen molar-refractivity contribution in [2.24, 2.45) is 17.3 Å². The molecular weight excluding hydrogens is 198 g/mol. The fraction of sp³-hybridized carbons (Fsp3) is 0.857. The molecule has 1 saturated carbocycles. The van der Waals surface area contributed by atoms with Gasteiger partial charge in [0, 0.05) is 12.5 Å². The van der Waals surface area contributed by atoms with Gasteiger partial charge in [-0.1, -0.05) is 13.8 Å². The molecule has 1 heterocycles. The van der Waals surface area contributed by atoms with E-state index in [4.69, 9.17) is 4.74 Å². The summed E-state index contributed by atoms with van der Waals surface area (Å²) in [6.07, 6.45) is 7.86. The lowest BCUT2D eigenvalue weighted by molar-refractivity contribution is -0.0626. The first-order chi connectivity index (χ1) is 7.68. The van der Waals surface area contributed by atoms with Crippen LogP contribution in [-0.2, 0) is 4.74 Å². The lowest BCUT2D eigenvalue weighted by Crippen LogP contribution is -2.49. The van der Waals surface area contributed by atoms with E-state index in [1.54, 1.807) is 0 Å². The molecule has 3 aliphatic carbocycles. The number of hydrogen-bond donors (Lipinski definition) is 1. The molecule has 16 heavy (non-hydrogen) atoms. The Labute approximate surface area is 98.4 Å². The molecule has 0 amide bonds. The third-order valence-corrected chi connectivity index (χ3v) is 4.97. The van der Waals surface area contributed by atoms with Gasteiger partial charge in [-0.2, -0.15) is 0 Å². The molecule has 3 atom stereocenters. The van der Waals surface area contributed by atoms with E-state index in [0.717, 1.165) is 19.0 Å². The molecule has 0 spiro atoms. The molecule has 2 nitrogen and oxygen atoms in total. The molecule has 3 unspecified atom stereocenters. The zero-order valence-corrected chi connectivity index (χ0v) is 10.5. The molecule has 4 aliphatic rings. The van der Waals surface area contributed by atoms with E-state index in [2.05, 4.69) is 25.2 Å². The van der Waals surface area contributed by atoms with Gasteiger partial charge < -0.3 is 10.1 Å². The van der Waals surface area contributed by atoms with Crippen LogP contribution in [0.2, 0.25) is 0 Å². The lowest BCUT2D eigenvalue weighted by Gasteiger charge is -2.56. The second-order valence-corrected chi connectivity index (χ2v) is 6.23. The maximum absolute atomic E-state index is 6.22. The van der Waals surface area contributed by atoms with Crippen molar-refractivity contribution in [3.8, 4) is 0 Å². The predicted molar refractivity (Wildman–Crippen MR) is 65.1 cm³/mol. The van der Waals surface area contributed by atoms with Crippen LogP contribution in [0.5, 0.6) is 0 Å². The van der Waals surface area contributed by atoms with Crippen LogP contribution in [0.15, 0.2) is 11.8 Å². The summed E-state index contributed by atoms with van der Waals surface area (Å²) in [4.78, 5) is 0.